The van der Waals surface area contributed by atoms with Gasteiger partial charge in [-0.2, -0.15) is 5.26 Å². The standard InChI is InChI=1S/C15H15BrN2O4S/c1-3-21-13(19)8-22-14-11(16)5-9(6-12(14)20-2)4-10(7-17)15(18)23/h4-6H,3,8H2,1-2H3,(H2,18,23)/b10-4-. The second-order valence-electron chi connectivity index (χ2n) is 4.16. The van der Waals surface area contributed by atoms with Crippen molar-refractivity contribution in [3.8, 4) is 17.6 Å². The van der Waals surface area contributed by atoms with E-state index in [1.807, 2.05) is 6.07 Å². The number of carbonyl (C=O) groups excluding carboxylic acids is 1. The van der Waals surface area contributed by atoms with E-state index in [-0.39, 0.29) is 23.8 Å². The van der Waals surface area contributed by atoms with Crippen LogP contribution in [0.5, 0.6) is 11.5 Å². The number of esters is 1. The van der Waals surface area contributed by atoms with Gasteiger partial charge in [-0.15, -0.1) is 0 Å². The zero-order valence-electron chi connectivity index (χ0n) is 12.6. The van der Waals surface area contributed by atoms with Gasteiger partial charge in [0, 0.05) is 0 Å². The van der Waals surface area contributed by atoms with Crippen LogP contribution in [0.2, 0.25) is 0 Å². The molecule has 0 spiro atoms. The molecule has 0 amide bonds. The molecular weight excluding hydrogens is 384 g/mol. The average molecular weight is 399 g/mol. The molecule has 0 atom stereocenters. The van der Waals surface area contributed by atoms with Crippen molar-refractivity contribution in [2.45, 2.75) is 6.92 Å². The number of methoxy groups -OCH3 is 1. The minimum atomic E-state index is -0.481. The number of nitriles is 1. The molecule has 122 valence electrons. The van der Waals surface area contributed by atoms with Crippen LogP contribution in [0, 0.1) is 11.3 Å². The number of halogens is 1. The summed E-state index contributed by atoms with van der Waals surface area (Å²) in [5, 5.41) is 9.00. The van der Waals surface area contributed by atoms with E-state index in [1.165, 1.54) is 13.2 Å². The van der Waals surface area contributed by atoms with Crippen LogP contribution in [0.25, 0.3) is 6.08 Å². The van der Waals surface area contributed by atoms with Gasteiger partial charge < -0.3 is 19.9 Å². The highest BCUT2D eigenvalue weighted by Gasteiger charge is 2.14. The lowest BCUT2D eigenvalue weighted by Gasteiger charge is -2.13. The SMILES string of the molecule is CCOC(=O)COc1c(Br)cc(/C=C(/C#N)C(N)=S)cc1OC. The van der Waals surface area contributed by atoms with Crippen molar-refractivity contribution < 1.29 is 19.0 Å². The van der Waals surface area contributed by atoms with E-state index < -0.39 is 5.97 Å². The first kappa shape index (κ1) is 18.9. The Kier molecular flexibility index (Phi) is 7.51. The number of thiocarbonyl (C=S) groups is 1. The minimum absolute atomic E-state index is 0.00484. The molecule has 0 saturated carbocycles. The van der Waals surface area contributed by atoms with Crippen molar-refractivity contribution in [2.75, 3.05) is 20.3 Å². The van der Waals surface area contributed by atoms with Crippen LogP contribution in [-0.2, 0) is 9.53 Å². The molecule has 1 aromatic carbocycles. The summed E-state index contributed by atoms with van der Waals surface area (Å²) in [6.45, 7) is 1.75. The number of nitrogens with zero attached hydrogens (tertiary/aromatic N) is 1. The molecule has 1 rings (SSSR count). The third kappa shape index (κ3) is 5.54. The molecule has 1 aromatic rings. The fourth-order valence-electron chi connectivity index (χ4n) is 1.62. The first-order valence-electron chi connectivity index (χ1n) is 6.50. The van der Waals surface area contributed by atoms with Crippen molar-refractivity contribution in [1.29, 1.82) is 5.26 Å². The molecule has 6 nitrogen and oxygen atoms in total. The summed E-state index contributed by atoms with van der Waals surface area (Å²) < 4.78 is 16.0. The lowest BCUT2D eigenvalue weighted by atomic mass is 10.1. The summed E-state index contributed by atoms with van der Waals surface area (Å²) in [5.41, 5.74) is 6.28. The van der Waals surface area contributed by atoms with Crippen LogP contribution in [0.15, 0.2) is 22.2 Å². The Morgan fingerprint density at radius 1 is 1.52 bits per heavy atom. The van der Waals surface area contributed by atoms with E-state index in [9.17, 15) is 4.79 Å². The van der Waals surface area contributed by atoms with E-state index >= 15 is 0 Å². The maximum absolute atomic E-state index is 11.4. The molecule has 0 aliphatic rings. The van der Waals surface area contributed by atoms with E-state index in [0.29, 0.717) is 21.5 Å². The van der Waals surface area contributed by atoms with Gasteiger partial charge in [0.1, 0.15) is 11.1 Å². The molecule has 0 unspecified atom stereocenters. The average Bonchev–Trinajstić information content (AvgIpc) is 2.50. The number of rotatable bonds is 7. The fraction of sp³-hybridized carbons (Fsp3) is 0.267. The number of carbonyl (C=O) groups is 1. The van der Waals surface area contributed by atoms with Gasteiger partial charge >= 0.3 is 5.97 Å². The van der Waals surface area contributed by atoms with Crippen LogP contribution in [0.1, 0.15) is 12.5 Å². The molecule has 0 aliphatic heterocycles. The Hall–Kier alpha value is -2.11. The van der Waals surface area contributed by atoms with Gasteiger partial charge in [-0.1, -0.05) is 12.2 Å². The Balaban J connectivity index is 3.11. The summed E-state index contributed by atoms with van der Waals surface area (Å²) in [6, 6.07) is 5.25. The van der Waals surface area contributed by atoms with Crippen LogP contribution in [0.3, 0.4) is 0 Å². The predicted molar refractivity (Wildman–Crippen MR) is 93.2 cm³/mol. The van der Waals surface area contributed by atoms with E-state index in [1.54, 1.807) is 19.1 Å². The highest BCUT2D eigenvalue weighted by molar-refractivity contribution is 9.10. The van der Waals surface area contributed by atoms with Gasteiger partial charge in [-0.25, -0.2) is 4.79 Å². The lowest BCUT2D eigenvalue weighted by molar-refractivity contribution is -0.145. The molecule has 23 heavy (non-hydrogen) atoms. The van der Waals surface area contributed by atoms with Crippen molar-refractivity contribution in [3.05, 3.63) is 27.7 Å². The van der Waals surface area contributed by atoms with Gasteiger partial charge in [0.25, 0.3) is 0 Å². The number of benzene rings is 1. The van der Waals surface area contributed by atoms with Crippen LogP contribution >= 0.6 is 28.1 Å². The summed E-state index contributed by atoms with van der Waals surface area (Å²) in [5.74, 6) is 0.257. The van der Waals surface area contributed by atoms with Gasteiger partial charge in [0.2, 0.25) is 0 Å². The van der Waals surface area contributed by atoms with E-state index in [0.717, 1.165) is 0 Å². The van der Waals surface area contributed by atoms with Crippen LogP contribution in [-0.4, -0.2) is 31.3 Å². The molecule has 0 aromatic heterocycles. The summed E-state index contributed by atoms with van der Waals surface area (Å²) in [4.78, 5) is 11.4. The quantitative estimate of drug-likeness (QED) is 0.326. The molecule has 2 N–H and O–H groups in total. The second kappa shape index (κ2) is 9.12. The first-order chi connectivity index (χ1) is 10.9. The lowest BCUT2D eigenvalue weighted by Crippen LogP contribution is -2.15. The number of nitrogens with two attached hydrogens (primary N) is 1. The minimum Gasteiger partial charge on any atom is -0.493 e. The highest BCUT2D eigenvalue weighted by atomic mass is 79.9. The number of hydrogen-bond donors (Lipinski definition) is 1. The fourth-order valence-corrected chi connectivity index (χ4v) is 2.30. The van der Waals surface area contributed by atoms with Crippen LogP contribution < -0.4 is 15.2 Å². The number of ether oxygens (including phenoxy) is 3. The topological polar surface area (TPSA) is 94.6 Å². The Morgan fingerprint density at radius 2 is 2.22 bits per heavy atom. The zero-order valence-corrected chi connectivity index (χ0v) is 15.0. The van der Waals surface area contributed by atoms with Crippen molar-refractivity contribution in [1.82, 2.24) is 0 Å². The first-order valence-corrected chi connectivity index (χ1v) is 7.70. The van der Waals surface area contributed by atoms with Crippen molar-refractivity contribution >= 4 is 45.2 Å². The predicted octanol–water partition coefficient (Wildman–Crippen LogP) is 2.59. The normalized spacial score (nSPS) is 10.6. The van der Waals surface area contributed by atoms with Crippen molar-refractivity contribution in [2.24, 2.45) is 5.73 Å². The Morgan fingerprint density at radius 3 is 2.74 bits per heavy atom. The Labute approximate surface area is 147 Å². The third-order valence-corrected chi connectivity index (χ3v) is 3.40. The summed E-state index contributed by atoms with van der Waals surface area (Å²) in [6.07, 6.45) is 1.53. The molecule has 8 heteroatoms. The van der Waals surface area contributed by atoms with E-state index in [4.69, 9.17) is 37.4 Å². The smallest absolute Gasteiger partial charge is 0.344 e. The van der Waals surface area contributed by atoms with Gasteiger partial charge in [0.05, 0.1) is 23.8 Å². The summed E-state index contributed by atoms with van der Waals surface area (Å²) >= 11 is 8.14. The highest BCUT2D eigenvalue weighted by Crippen LogP contribution is 2.37. The maximum atomic E-state index is 11.4. The van der Waals surface area contributed by atoms with Gasteiger partial charge in [0.15, 0.2) is 18.1 Å². The molecular formula is C15H15BrN2O4S. The van der Waals surface area contributed by atoms with Crippen molar-refractivity contribution in [3.63, 3.8) is 0 Å². The van der Waals surface area contributed by atoms with Gasteiger partial charge in [-0.05, 0) is 46.6 Å². The maximum Gasteiger partial charge on any atom is 0.344 e. The van der Waals surface area contributed by atoms with E-state index in [2.05, 4.69) is 15.9 Å². The Bertz CT molecular complexity index is 683. The van der Waals surface area contributed by atoms with Crippen LogP contribution in [0.4, 0.5) is 0 Å². The molecule has 0 fully saturated rings. The molecule has 0 saturated heterocycles. The summed E-state index contributed by atoms with van der Waals surface area (Å²) in [7, 11) is 1.46. The monoisotopic (exact) mass is 398 g/mol. The van der Waals surface area contributed by atoms with Gasteiger partial charge in [-0.3, -0.25) is 0 Å². The molecule has 0 bridgehead atoms. The second-order valence-corrected chi connectivity index (χ2v) is 5.46. The molecule has 0 aliphatic carbocycles. The third-order valence-electron chi connectivity index (χ3n) is 2.59. The molecule has 0 heterocycles. The molecule has 0 radical (unpaired) electrons. The zero-order chi connectivity index (χ0) is 17.4. The number of hydrogen-bond acceptors (Lipinski definition) is 6. The largest absolute Gasteiger partial charge is 0.493 e.